The number of guanidine groups is 1. The third kappa shape index (κ3) is 1.10. The molecule has 48 valence electrons. The van der Waals surface area contributed by atoms with Crippen LogP contribution < -0.4 is 0 Å². The maximum atomic E-state index is 9.91. The molecule has 0 N–H and O–H groups in total. The first kappa shape index (κ1) is 5.87. The van der Waals surface area contributed by atoms with Gasteiger partial charge in [-0.3, -0.25) is 0 Å². The molecule has 0 aromatic carbocycles. The zero-order valence-electron chi connectivity index (χ0n) is 4.87. The molecular weight excluding hydrogens is 122 g/mol. The highest BCUT2D eigenvalue weighted by molar-refractivity contribution is 5.98. The summed E-state index contributed by atoms with van der Waals surface area (Å²) < 4.78 is 0. The molecule has 5 nitrogen and oxygen atoms in total. The molecule has 0 saturated carbocycles. The van der Waals surface area contributed by atoms with E-state index >= 15 is 0 Å². The molecule has 1 rings (SSSR count). The van der Waals surface area contributed by atoms with Gasteiger partial charge < -0.3 is 10.1 Å². The normalized spacial score (nSPS) is 17.0. The van der Waals surface area contributed by atoms with Gasteiger partial charge in [0.1, 0.15) is 5.71 Å². The highest BCUT2D eigenvalue weighted by atomic mass is 16.6. The van der Waals surface area contributed by atoms with Gasteiger partial charge in [-0.05, 0) is 11.8 Å². The van der Waals surface area contributed by atoms with E-state index in [9.17, 15) is 10.1 Å². The second kappa shape index (κ2) is 1.93. The van der Waals surface area contributed by atoms with Crippen molar-refractivity contribution >= 4 is 11.7 Å². The minimum absolute atomic E-state index is 0.271. The first-order valence-corrected chi connectivity index (χ1v) is 2.43. The maximum absolute atomic E-state index is 9.91. The molecule has 0 radical (unpaired) electrons. The van der Waals surface area contributed by atoms with Gasteiger partial charge in [0.15, 0.2) is 6.54 Å². The third-order valence-electron chi connectivity index (χ3n) is 0.903. The molecule has 1 aliphatic heterocycles. The van der Waals surface area contributed by atoms with Crippen molar-refractivity contribution in [1.29, 1.82) is 0 Å². The van der Waals surface area contributed by atoms with E-state index in [0.29, 0.717) is 12.3 Å². The predicted molar refractivity (Wildman–Crippen MR) is 32.4 cm³/mol. The van der Waals surface area contributed by atoms with Gasteiger partial charge in [0.25, 0.3) is 0 Å². The fraction of sp³-hybridized carbons (Fsp3) is 0.500. The maximum Gasteiger partial charge on any atom is 0.463 e. The Morgan fingerprint density at radius 2 is 2.44 bits per heavy atom. The third-order valence-corrected chi connectivity index (χ3v) is 0.903. The fourth-order valence-electron chi connectivity index (χ4n) is 0.525. The van der Waals surface area contributed by atoms with Crippen LogP contribution in [-0.2, 0) is 0 Å². The summed E-state index contributed by atoms with van der Waals surface area (Å²) in [6.45, 7) is 2.08. The minimum atomic E-state index is -0.587. The minimum Gasteiger partial charge on any atom is -0.390 e. The molecule has 5 heteroatoms. The summed E-state index contributed by atoms with van der Waals surface area (Å²) in [5.41, 5.74) is 0.696. The van der Waals surface area contributed by atoms with Gasteiger partial charge in [0, 0.05) is 0 Å². The highest BCUT2D eigenvalue weighted by Crippen LogP contribution is 1.94. The van der Waals surface area contributed by atoms with E-state index in [4.69, 9.17) is 0 Å². The largest absolute Gasteiger partial charge is 0.463 e. The van der Waals surface area contributed by atoms with Crippen molar-refractivity contribution in [3.05, 3.63) is 10.1 Å². The Kier molecular flexibility index (Phi) is 1.26. The van der Waals surface area contributed by atoms with E-state index in [1.54, 1.807) is 6.92 Å². The summed E-state index contributed by atoms with van der Waals surface area (Å²) in [6, 6.07) is 0. The van der Waals surface area contributed by atoms with Crippen molar-refractivity contribution in [1.82, 2.24) is 0 Å². The second-order valence-corrected chi connectivity index (χ2v) is 1.72. The zero-order chi connectivity index (χ0) is 6.85. The summed E-state index contributed by atoms with van der Waals surface area (Å²) >= 11 is 0. The molecule has 0 aromatic heterocycles. The first-order valence-electron chi connectivity index (χ1n) is 2.43. The van der Waals surface area contributed by atoms with Gasteiger partial charge >= 0.3 is 5.96 Å². The average molecular weight is 127 g/mol. The summed E-state index contributed by atoms with van der Waals surface area (Å²) in [5, 5.41) is 9.91. The molecule has 0 unspecified atom stereocenters. The van der Waals surface area contributed by atoms with Crippen molar-refractivity contribution in [2.24, 2.45) is 9.98 Å². The topological polar surface area (TPSA) is 67.9 Å². The van der Waals surface area contributed by atoms with Crippen molar-refractivity contribution in [3.63, 3.8) is 0 Å². The lowest BCUT2D eigenvalue weighted by Crippen LogP contribution is -2.05. The van der Waals surface area contributed by atoms with Crippen LogP contribution in [0.4, 0.5) is 0 Å². The van der Waals surface area contributed by atoms with Crippen LogP contribution in [0.15, 0.2) is 9.98 Å². The lowest BCUT2D eigenvalue weighted by atomic mass is 10.4. The lowest BCUT2D eigenvalue weighted by Gasteiger charge is -1.84. The van der Waals surface area contributed by atoms with E-state index in [1.807, 2.05) is 0 Å². The zero-order valence-corrected chi connectivity index (χ0v) is 4.87. The molecule has 0 fully saturated rings. The molecule has 9 heavy (non-hydrogen) atoms. The Balaban J connectivity index is 2.75. The van der Waals surface area contributed by atoms with Crippen LogP contribution in [0.2, 0.25) is 0 Å². The second-order valence-electron chi connectivity index (χ2n) is 1.72. The summed E-state index contributed by atoms with van der Waals surface area (Å²) in [4.78, 5) is 16.4. The Hall–Kier alpha value is -1.26. The molecule has 0 atom stereocenters. The van der Waals surface area contributed by atoms with Gasteiger partial charge in [-0.2, -0.15) is 0 Å². The molecular formula is C4H5N3O2. The van der Waals surface area contributed by atoms with Gasteiger partial charge in [-0.1, -0.05) is 9.98 Å². The van der Waals surface area contributed by atoms with Crippen LogP contribution in [0.3, 0.4) is 0 Å². The predicted octanol–water partition coefficient (Wildman–Crippen LogP) is 0.0936. The Morgan fingerprint density at radius 1 is 1.78 bits per heavy atom. The van der Waals surface area contributed by atoms with E-state index in [1.165, 1.54) is 0 Å². The highest BCUT2D eigenvalue weighted by Gasteiger charge is 2.17. The smallest absolute Gasteiger partial charge is 0.390 e. The molecule has 0 saturated heterocycles. The standard InChI is InChI=1S/C4H5N3O2/c1-3-2-5-4(6-3)7(8)9/h2H2,1H3. The van der Waals surface area contributed by atoms with E-state index in [-0.39, 0.29) is 5.96 Å². The number of rotatable bonds is 0. The SMILES string of the molecule is CC1=NC([N+](=O)[O-])=NC1. The van der Waals surface area contributed by atoms with Crippen LogP contribution in [0.5, 0.6) is 0 Å². The van der Waals surface area contributed by atoms with Gasteiger partial charge in [-0.15, -0.1) is 0 Å². The quantitative estimate of drug-likeness (QED) is 0.342. The van der Waals surface area contributed by atoms with Crippen molar-refractivity contribution in [2.75, 3.05) is 6.54 Å². The average Bonchev–Trinajstić information content (AvgIpc) is 2.14. The fourth-order valence-corrected chi connectivity index (χ4v) is 0.525. The molecule has 0 amide bonds. The van der Waals surface area contributed by atoms with Crippen molar-refractivity contribution in [2.45, 2.75) is 6.92 Å². The number of hydrogen-bond acceptors (Lipinski definition) is 4. The first-order chi connectivity index (χ1) is 4.20. The van der Waals surface area contributed by atoms with Gasteiger partial charge in [0.2, 0.25) is 0 Å². The Morgan fingerprint density at radius 3 is 2.67 bits per heavy atom. The number of aliphatic imine (C=N–C) groups is 2. The van der Waals surface area contributed by atoms with Crippen LogP contribution in [0, 0.1) is 10.1 Å². The molecule has 0 bridgehead atoms. The molecule has 0 spiro atoms. The molecule has 1 aliphatic rings. The summed E-state index contributed by atoms with van der Waals surface area (Å²) in [6.07, 6.45) is 0. The Labute approximate surface area is 51.3 Å². The van der Waals surface area contributed by atoms with Crippen molar-refractivity contribution in [3.8, 4) is 0 Å². The lowest BCUT2D eigenvalue weighted by molar-refractivity contribution is -0.351. The number of hydrogen-bond donors (Lipinski definition) is 0. The van der Waals surface area contributed by atoms with E-state index < -0.39 is 4.92 Å². The monoisotopic (exact) mass is 127 g/mol. The van der Waals surface area contributed by atoms with Gasteiger partial charge in [-0.25, -0.2) is 0 Å². The Bertz CT molecular complexity index is 206. The van der Waals surface area contributed by atoms with Crippen LogP contribution in [-0.4, -0.2) is 23.1 Å². The van der Waals surface area contributed by atoms with Crippen molar-refractivity contribution < 1.29 is 4.92 Å². The number of nitrogens with zero attached hydrogens (tertiary/aromatic N) is 3. The molecule has 0 aromatic rings. The summed E-state index contributed by atoms with van der Waals surface area (Å²) in [7, 11) is 0. The van der Waals surface area contributed by atoms with Crippen LogP contribution >= 0.6 is 0 Å². The molecule has 1 heterocycles. The van der Waals surface area contributed by atoms with Gasteiger partial charge in [0.05, 0.1) is 0 Å². The number of nitro groups is 1. The van der Waals surface area contributed by atoms with Crippen LogP contribution in [0.1, 0.15) is 6.92 Å². The molecule has 0 aliphatic carbocycles. The van der Waals surface area contributed by atoms with E-state index in [0.717, 1.165) is 0 Å². The summed E-state index contributed by atoms with van der Waals surface area (Å²) in [5.74, 6) is -0.271. The van der Waals surface area contributed by atoms with Crippen LogP contribution in [0.25, 0.3) is 0 Å². The van der Waals surface area contributed by atoms with E-state index in [2.05, 4.69) is 9.98 Å².